The molecule has 0 spiro atoms. The maximum absolute atomic E-state index is 15.9. The molecule has 3 saturated carbocycles. The number of anilines is 1. The predicted molar refractivity (Wildman–Crippen MR) is 169 cm³/mol. The summed E-state index contributed by atoms with van der Waals surface area (Å²) in [6.45, 7) is 12.0. The zero-order valence-electron chi connectivity index (χ0n) is 26.3. The second-order valence-corrected chi connectivity index (χ2v) is 13.6. The van der Waals surface area contributed by atoms with Crippen molar-refractivity contribution in [2.45, 2.75) is 78.6 Å². The number of allylic oxidation sites excluding steroid dienone is 7. The fourth-order valence-corrected chi connectivity index (χ4v) is 8.90. The van der Waals surface area contributed by atoms with Crippen LogP contribution in [0.1, 0.15) is 65.4 Å². The van der Waals surface area contributed by atoms with E-state index in [0.717, 1.165) is 24.0 Å². The third-order valence-electron chi connectivity index (χ3n) is 11.0. The van der Waals surface area contributed by atoms with Gasteiger partial charge in [-0.2, -0.15) is 4.89 Å². The molecule has 4 aliphatic carbocycles. The summed E-state index contributed by atoms with van der Waals surface area (Å²) in [6.07, 6.45) is 9.41. The summed E-state index contributed by atoms with van der Waals surface area (Å²) in [5.41, 5.74) is 8.55. The first-order valence-electron chi connectivity index (χ1n) is 15.8. The van der Waals surface area contributed by atoms with Crippen LogP contribution in [-0.4, -0.2) is 34.8 Å². The molecule has 238 valence electrons. The minimum Gasteiger partial charge on any atom is -0.398 e. The number of benzene rings is 1. The molecule has 8 heteroatoms. The number of aliphatic hydroxyl groups excluding tert-OH is 2. The molecule has 8 atom stereocenters. The van der Waals surface area contributed by atoms with Gasteiger partial charge in [-0.3, -0.25) is 4.79 Å². The maximum atomic E-state index is 15.9. The fourth-order valence-electron chi connectivity index (χ4n) is 8.90. The third kappa shape index (κ3) is 5.68. The smallest absolute Gasteiger partial charge is 0.205 e. The van der Waals surface area contributed by atoms with E-state index in [0.29, 0.717) is 37.1 Å². The summed E-state index contributed by atoms with van der Waals surface area (Å²) in [5, 5.41) is 24.9. The number of hydrogen-bond acceptors (Lipinski definition) is 7. The van der Waals surface area contributed by atoms with E-state index in [4.69, 9.17) is 15.5 Å². The predicted octanol–water partition coefficient (Wildman–Crippen LogP) is 6.22. The van der Waals surface area contributed by atoms with Crippen molar-refractivity contribution in [3.63, 3.8) is 0 Å². The molecule has 3 fully saturated rings. The number of nitrogens with one attached hydrogen (secondary N) is 1. The van der Waals surface area contributed by atoms with E-state index in [1.807, 2.05) is 24.3 Å². The highest BCUT2D eigenvalue weighted by molar-refractivity contribution is 6.01. The Labute approximate surface area is 260 Å². The summed E-state index contributed by atoms with van der Waals surface area (Å²) >= 11 is 0. The highest BCUT2D eigenvalue weighted by Crippen LogP contribution is 2.66. The van der Waals surface area contributed by atoms with Crippen LogP contribution in [0.2, 0.25) is 0 Å². The SMILES string of the molecule is C=C(C)/C(OO[C@@H]1CC2C3CCC4=CC(=O)C=CC4(C)C3C(O)CC2(C)C1CCO)=C(/F)C(=CC)NCc1ccccc1N. The van der Waals surface area contributed by atoms with E-state index in [2.05, 4.69) is 25.7 Å². The first-order chi connectivity index (χ1) is 20.9. The first-order valence-corrected chi connectivity index (χ1v) is 15.8. The van der Waals surface area contributed by atoms with Crippen LogP contribution < -0.4 is 11.1 Å². The minimum absolute atomic E-state index is 0.00891. The van der Waals surface area contributed by atoms with Crippen LogP contribution >= 0.6 is 0 Å². The monoisotopic (exact) mass is 606 g/mol. The Kier molecular flexibility index (Phi) is 9.26. The topological polar surface area (TPSA) is 114 Å². The Morgan fingerprint density at radius 1 is 1.30 bits per heavy atom. The molecule has 1 aromatic carbocycles. The summed E-state index contributed by atoms with van der Waals surface area (Å²) < 4.78 is 15.9. The summed E-state index contributed by atoms with van der Waals surface area (Å²) in [5.74, 6) is -0.421. The number of para-hydroxylation sites is 1. The van der Waals surface area contributed by atoms with Crippen molar-refractivity contribution in [2.75, 3.05) is 12.3 Å². The van der Waals surface area contributed by atoms with E-state index in [-0.39, 0.29) is 58.3 Å². The summed E-state index contributed by atoms with van der Waals surface area (Å²) in [7, 11) is 0. The molecule has 0 bridgehead atoms. The van der Waals surface area contributed by atoms with E-state index >= 15 is 4.39 Å². The molecule has 0 aromatic heterocycles. The fraction of sp³-hybridized carbons (Fsp3) is 0.528. The van der Waals surface area contributed by atoms with Gasteiger partial charge in [0.05, 0.1) is 11.8 Å². The molecule has 1 aromatic rings. The second kappa shape index (κ2) is 12.7. The van der Waals surface area contributed by atoms with E-state index in [9.17, 15) is 15.0 Å². The maximum Gasteiger partial charge on any atom is 0.205 e. The normalized spacial score (nSPS) is 35.2. The molecule has 5 rings (SSSR count). The van der Waals surface area contributed by atoms with Crippen LogP contribution in [0.3, 0.4) is 0 Å². The summed E-state index contributed by atoms with van der Waals surface area (Å²) in [4.78, 5) is 24.1. The molecule has 0 saturated heterocycles. The van der Waals surface area contributed by atoms with E-state index in [1.165, 1.54) is 0 Å². The van der Waals surface area contributed by atoms with Gasteiger partial charge in [-0.15, -0.1) is 0 Å². The standard InChI is InChI=1S/C36H47FN2O5/c1-6-29(39-20-22-9-7-8-10-28(22)38)33(37)34(21(2)3)44-43-31-18-27-25-12-11-23-17-24(41)13-15-35(23,4)32(25)30(42)19-36(27,5)26(31)14-16-40/h6-10,13,15,17,25-27,30-32,39-40,42H,2,11-12,14,16,18-20,38H2,1,3-5H3/b29-6?,34-33-/t25?,26?,27?,30?,31-,32?,35?,36?/m1/s1. The van der Waals surface area contributed by atoms with Crippen LogP contribution in [-0.2, 0) is 21.1 Å². The van der Waals surface area contributed by atoms with Crippen LogP contribution in [0.4, 0.5) is 10.1 Å². The van der Waals surface area contributed by atoms with E-state index < -0.39 is 18.0 Å². The number of nitrogen functional groups attached to an aromatic ring is 1. The Bertz CT molecular complexity index is 1410. The van der Waals surface area contributed by atoms with Gasteiger partial charge in [0.15, 0.2) is 11.6 Å². The average molecular weight is 607 g/mol. The Balaban J connectivity index is 1.37. The van der Waals surface area contributed by atoms with Gasteiger partial charge in [-0.1, -0.05) is 56.4 Å². The summed E-state index contributed by atoms with van der Waals surface area (Å²) in [6, 6.07) is 7.41. The van der Waals surface area contributed by atoms with Crippen molar-refractivity contribution in [2.24, 2.45) is 34.5 Å². The lowest BCUT2D eigenvalue weighted by Crippen LogP contribution is -2.56. The minimum atomic E-state index is -0.622. The number of aliphatic hydroxyl groups is 2. The molecule has 7 unspecified atom stereocenters. The Morgan fingerprint density at radius 3 is 2.73 bits per heavy atom. The van der Waals surface area contributed by atoms with Gasteiger partial charge in [-0.25, -0.2) is 4.39 Å². The quantitative estimate of drug-likeness (QED) is 0.0822. The van der Waals surface area contributed by atoms with Crippen molar-refractivity contribution in [1.82, 2.24) is 5.32 Å². The second-order valence-electron chi connectivity index (χ2n) is 13.6. The van der Waals surface area contributed by atoms with Crippen molar-refractivity contribution >= 4 is 11.5 Å². The van der Waals surface area contributed by atoms with Crippen molar-refractivity contribution in [3.05, 3.63) is 89.1 Å². The van der Waals surface area contributed by atoms with E-state index in [1.54, 1.807) is 38.1 Å². The molecule has 7 nitrogen and oxygen atoms in total. The molecule has 5 N–H and O–H groups in total. The van der Waals surface area contributed by atoms with Crippen molar-refractivity contribution in [1.29, 1.82) is 0 Å². The van der Waals surface area contributed by atoms with Crippen molar-refractivity contribution in [3.8, 4) is 0 Å². The number of halogens is 1. The number of carbonyl (C=O) groups excluding carboxylic acids is 1. The Hall–Kier alpha value is -3.20. The van der Waals surface area contributed by atoms with Gasteiger partial charge in [-0.05, 0) is 98.5 Å². The molecular formula is C36H47FN2O5. The van der Waals surface area contributed by atoms with Gasteiger partial charge >= 0.3 is 0 Å². The van der Waals surface area contributed by atoms with Crippen LogP contribution in [0.15, 0.2) is 83.6 Å². The van der Waals surface area contributed by atoms with Gasteiger partial charge in [0.2, 0.25) is 5.76 Å². The van der Waals surface area contributed by atoms with Crippen molar-refractivity contribution < 1.29 is 29.2 Å². The van der Waals surface area contributed by atoms with Crippen LogP contribution in [0.25, 0.3) is 0 Å². The van der Waals surface area contributed by atoms with Crippen LogP contribution in [0.5, 0.6) is 0 Å². The number of carbonyl (C=O) groups is 1. The zero-order valence-corrected chi connectivity index (χ0v) is 26.3. The molecule has 0 radical (unpaired) electrons. The van der Waals surface area contributed by atoms with Crippen LogP contribution in [0, 0.1) is 34.5 Å². The Morgan fingerprint density at radius 2 is 2.05 bits per heavy atom. The number of nitrogens with two attached hydrogens (primary N) is 1. The number of hydrogen-bond donors (Lipinski definition) is 4. The highest BCUT2D eigenvalue weighted by Gasteiger charge is 2.64. The van der Waals surface area contributed by atoms with Gasteiger partial charge in [0.1, 0.15) is 6.10 Å². The van der Waals surface area contributed by atoms with Gasteiger partial charge in [0, 0.05) is 30.2 Å². The molecular weight excluding hydrogens is 559 g/mol. The third-order valence-corrected chi connectivity index (χ3v) is 11.0. The zero-order chi connectivity index (χ0) is 31.8. The van der Waals surface area contributed by atoms with Gasteiger partial charge in [0.25, 0.3) is 0 Å². The highest BCUT2D eigenvalue weighted by atomic mass is 19.1. The first kappa shape index (κ1) is 32.2. The lowest BCUT2D eigenvalue weighted by Gasteiger charge is -2.58. The molecule has 0 heterocycles. The lowest BCUT2D eigenvalue weighted by molar-refractivity contribution is -0.304. The molecule has 0 amide bonds. The average Bonchev–Trinajstić information content (AvgIpc) is 3.25. The molecule has 44 heavy (non-hydrogen) atoms. The lowest BCUT2D eigenvalue weighted by atomic mass is 9.47. The molecule has 4 aliphatic rings. The number of ketones is 1. The number of fused-ring (bicyclic) bond motifs is 5. The number of rotatable bonds is 10. The largest absolute Gasteiger partial charge is 0.398 e. The molecule has 0 aliphatic heterocycles. The van der Waals surface area contributed by atoms with Gasteiger partial charge < -0.3 is 26.2 Å².